The summed E-state index contributed by atoms with van der Waals surface area (Å²) in [5.41, 5.74) is 2.88. The molecule has 14 heteroatoms. The zero-order chi connectivity index (χ0) is 23.2. The Morgan fingerprint density at radius 3 is 2.72 bits per heavy atom. The molecule has 2 aromatic heterocycles. The van der Waals surface area contributed by atoms with Crippen LogP contribution in [-0.4, -0.2) is 73.3 Å². The van der Waals surface area contributed by atoms with Gasteiger partial charge in [0, 0.05) is 13.1 Å². The number of aromatic nitrogens is 6. The van der Waals surface area contributed by atoms with Crippen LogP contribution in [0.5, 0.6) is 0 Å². The number of hydrogen-bond donors (Lipinski definition) is 2. The van der Waals surface area contributed by atoms with Crippen molar-refractivity contribution >= 4 is 23.6 Å². The van der Waals surface area contributed by atoms with Gasteiger partial charge in [-0.3, -0.25) is 15.6 Å². The van der Waals surface area contributed by atoms with Gasteiger partial charge in [0.25, 0.3) is 0 Å². The second-order valence-electron chi connectivity index (χ2n) is 6.03. The Labute approximate surface area is 188 Å². The molecule has 2 N–H and O–H groups in total. The number of halogens is 2. The van der Waals surface area contributed by atoms with Gasteiger partial charge < -0.3 is 4.74 Å². The lowest BCUT2D eigenvalue weighted by Gasteiger charge is -2.25. The summed E-state index contributed by atoms with van der Waals surface area (Å²) < 4.78 is 24.1. The molecule has 4 rings (SSSR count). The number of nitrogens with zero attached hydrogens (tertiary/aromatic N) is 8. The highest BCUT2D eigenvalue weighted by Gasteiger charge is 2.15. The first-order valence-corrected chi connectivity index (χ1v) is 10.2. The zero-order valence-corrected chi connectivity index (χ0v) is 18.5. The van der Waals surface area contributed by atoms with Crippen LogP contribution in [0.25, 0.3) is 0 Å². The van der Waals surface area contributed by atoms with Crippen LogP contribution < -0.4 is 5.48 Å². The zero-order valence-electron chi connectivity index (χ0n) is 17.7. The summed E-state index contributed by atoms with van der Waals surface area (Å²) in [6, 6.07) is 3.99. The second kappa shape index (κ2) is 14.1. The Morgan fingerprint density at radius 2 is 2.06 bits per heavy atom. The molecule has 1 fully saturated rings. The molecule has 0 unspecified atom stereocenters. The summed E-state index contributed by atoms with van der Waals surface area (Å²) in [6.07, 6.45) is 2.61. The number of hydroxylamine groups is 1. The Bertz CT molecular complexity index is 934. The van der Waals surface area contributed by atoms with E-state index in [1.165, 1.54) is 18.2 Å². The van der Waals surface area contributed by atoms with Crippen molar-refractivity contribution in [1.82, 2.24) is 40.9 Å². The largest absolute Gasteiger partial charge is 0.379 e. The molecule has 1 aliphatic rings. The molecular formula is C18H25ClFN9O3. The lowest BCUT2D eigenvalue weighted by atomic mass is 10.3. The maximum absolute atomic E-state index is 12.6. The van der Waals surface area contributed by atoms with Crippen LogP contribution >= 0.6 is 11.6 Å². The van der Waals surface area contributed by atoms with Crippen molar-refractivity contribution in [2.24, 2.45) is 4.99 Å². The molecule has 3 heterocycles. The van der Waals surface area contributed by atoms with E-state index in [0.717, 1.165) is 38.5 Å². The normalized spacial score (nSPS) is 13.8. The molecule has 12 nitrogen and oxygen atoms in total. The molecule has 174 valence electrons. The quantitative estimate of drug-likeness (QED) is 0.313. The number of benzene rings is 1. The predicted molar refractivity (Wildman–Crippen MR) is 113 cm³/mol. The fourth-order valence-corrected chi connectivity index (χ4v) is 2.67. The van der Waals surface area contributed by atoms with Gasteiger partial charge in [-0.2, -0.15) is 0 Å². The van der Waals surface area contributed by atoms with Crippen molar-refractivity contribution in [2.75, 3.05) is 26.3 Å². The van der Waals surface area contributed by atoms with E-state index in [2.05, 4.69) is 40.4 Å². The minimum atomic E-state index is -0.493. The third-order valence-corrected chi connectivity index (χ3v) is 4.26. The number of nitrogens with one attached hydrogen (secondary N) is 1. The summed E-state index contributed by atoms with van der Waals surface area (Å²) >= 11 is 5.46. The lowest BCUT2D eigenvalue weighted by Crippen LogP contribution is -2.36. The van der Waals surface area contributed by atoms with Crippen LogP contribution in [0.15, 0.2) is 34.0 Å². The molecule has 1 saturated heterocycles. The lowest BCUT2D eigenvalue weighted by molar-refractivity contribution is 0.0324. The van der Waals surface area contributed by atoms with Crippen molar-refractivity contribution < 1.29 is 19.0 Å². The number of rotatable bonds is 6. The van der Waals surface area contributed by atoms with Gasteiger partial charge in [-0.15, -0.1) is 5.10 Å². The molecule has 0 saturated carbocycles. The van der Waals surface area contributed by atoms with E-state index in [9.17, 15) is 4.39 Å². The van der Waals surface area contributed by atoms with Crippen molar-refractivity contribution in [1.29, 1.82) is 0 Å². The molecular weight excluding hydrogens is 445 g/mol. The second-order valence-corrected chi connectivity index (χ2v) is 6.43. The van der Waals surface area contributed by atoms with Gasteiger partial charge in [-0.1, -0.05) is 35.8 Å². The van der Waals surface area contributed by atoms with Gasteiger partial charge >= 0.3 is 0 Å². The Morgan fingerprint density at radius 1 is 1.28 bits per heavy atom. The topological polar surface area (TPSA) is 140 Å². The van der Waals surface area contributed by atoms with Crippen molar-refractivity contribution in [3.8, 4) is 0 Å². The average Bonchev–Trinajstić information content (AvgIpc) is 3.50. The Hall–Kier alpha value is -3.00. The molecule has 0 aliphatic carbocycles. The fourth-order valence-electron chi connectivity index (χ4n) is 2.49. The van der Waals surface area contributed by atoms with Crippen molar-refractivity contribution in [2.45, 2.75) is 26.9 Å². The smallest absolute Gasteiger partial charge is 0.165 e. The highest BCUT2D eigenvalue weighted by atomic mass is 35.5. The van der Waals surface area contributed by atoms with Gasteiger partial charge in [-0.25, -0.2) is 18.7 Å². The van der Waals surface area contributed by atoms with Gasteiger partial charge in [0.05, 0.1) is 43.2 Å². The first kappa shape index (κ1) is 25.3. The van der Waals surface area contributed by atoms with Crippen LogP contribution in [0.2, 0.25) is 5.02 Å². The number of ether oxygens (including phenoxy) is 1. The maximum Gasteiger partial charge on any atom is 0.165 e. The van der Waals surface area contributed by atoms with Gasteiger partial charge in [0.1, 0.15) is 17.8 Å². The number of hydrogen-bond acceptors (Lipinski definition) is 10. The third-order valence-electron chi connectivity index (χ3n) is 3.97. The molecule has 0 amide bonds. The fraction of sp³-hybridized carbons (Fsp3) is 0.444. The highest BCUT2D eigenvalue weighted by molar-refractivity contribution is 6.31. The van der Waals surface area contributed by atoms with Crippen LogP contribution in [-0.2, 0) is 17.8 Å². The summed E-state index contributed by atoms with van der Waals surface area (Å²) in [6.45, 7) is 8.50. The third kappa shape index (κ3) is 8.26. The van der Waals surface area contributed by atoms with Gasteiger partial charge in [-0.05, 0) is 28.6 Å². The first-order chi connectivity index (χ1) is 15.7. The minimum absolute atomic E-state index is 0.00240. The van der Waals surface area contributed by atoms with Crippen LogP contribution in [0, 0.1) is 5.82 Å². The van der Waals surface area contributed by atoms with E-state index in [1.54, 1.807) is 16.4 Å². The SMILES string of the molecule is CC.ONC=Nc1ccc(F)c(Cl)c1.c1nonc1Cn1nnnc1CN1CCOCC1. The molecule has 32 heavy (non-hydrogen) atoms. The number of tetrazole rings is 1. The average molecular weight is 470 g/mol. The molecule has 1 aromatic carbocycles. The van der Waals surface area contributed by atoms with E-state index in [1.807, 2.05) is 13.8 Å². The van der Waals surface area contributed by atoms with E-state index >= 15 is 0 Å². The van der Waals surface area contributed by atoms with Crippen LogP contribution in [0.3, 0.4) is 0 Å². The van der Waals surface area contributed by atoms with Crippen LogP contribution in [0.1, 0.15) is 25.4 Å². The molecule has 0 atom stereocenters. The molecule has 0 spiro atoms. The van der Waals surface area contributed by atoms with Crippen LogP contribution in [0.4, 0.5) is 10.1 Å². The van der Waals surface area contributed by atoms with Crippen molar-refractivity contribution in [3.63, 3.8) is 0 Å². The van der Waals surface area contributed by atoms with Gasteiger partial charge in [0.15, 0.2) is 5.82 Å². The summed E-state index contributed by atoms with van der Waals surface area (Å²) in [5, 5.41) is 27.1. The minimum Gasteiger partial charge on any atom is -0.379 e. The summed E-state index contributed by atoms with van der Waals surface area (Å²) in [4.78, 5) is 5.95. The van der Waals surface area contributed by atoms with E-state index in [4.69, 9.17) is 21.5 Å². The van der Waals surface area contributed by atoms with E-state index in [-0.39, 0.29) is 5.02 Å². The summed E-state index contributed by atoms with van der Waals surface area (Å²) in [7, 11) is 0. The molecule has 0 bridgehead atoms. The maximum atomic E-state index is 12.6. The number of morpholine rings is 1. The molecule has 0 radical (unpaired) electrons. The number of aliphatic imine (C=N–C) groups is 1. The monoisotopic (exact) mass is 469 g/mol. The van der Waals surface area contributed by atoms with E-state index < -0.39 is 5.82 Å². The Balaban J connectivity index is 0.000000227. The first-order valence-electron chi connectivity index (χ1n) is 9.84. The molecule has 3 aromatic rings. The predicted octanol–water partition coefficient (Wildman–Crippen LogP) is 2.08. The van der Waals surface area contributed by atoms with E-state index in [0.29, 0.717) is 24.5 Å². The van der Waals surface area contributed by atoms with Gasteiger partial charge in [0.2, 0.25) is 0 Å². The highest BCUT2D eigenvalue weighted by Crippen LogP contribution is 2.20. The standard InChI is InChI=1S/C9H13N7O2.C7H6ClFN2O.C2H6/c1-3-17-4-2-15(1)7-9-11-13-14-16(9)6-8-5-10-18-12-8;8-6-3-5(10-4-11-12)1-2-7(6)9;1-2/h5H,1-4,6-7H2;1-4,12H,(H,10,11);1-2H3. The van der Waals surface area contributed by atoms with Crippen molar-refractivity contribution in [3.05, 3.63) is 46.8 Å². The Kier molecular flexibility index (Phi) is 11.2. The molecule has 1 aliphatic heterocycles. The summed E-state index contributed by atoms with van der Waals surface area (Å²) in [5.74, 6) is 0.312.